The molecule has 200 valence electrons. The van der Waals surface area contributed by atoms with Crippen LogP contribution in [0.15, 0.2) is 103 Å². The molecule has 40 heavy (non-hydrogen) atoms. The SMILES string of the molecule is COc1ccc(C=C2C(=O)N(c3ccccc3)C(=S)N(c3ccccc3)C2=O)c(OCc2ccc(Cl)cc2Cl)c1. The number of methoxy groups -OCH3 is 1. The number of hydrogen-bond donors (Lipinski definition) is 0. The number of anilines is 2. The largest absolute Gasteiger partial charge is 0.497 e. The van der Waals surface area contributed by atoms with Crippen molar-refractivity contribution in [2.75, 3.05) is 16.9 Å². The van der Waals surface area contributed by atoms with Gasteiger partial charge in [0.2, 0.25) is 0 Å². The standard InChI is InChI=1S/C31H22Cl2N2O4S/c1-38-25-15-13-20(28(18-25)39-19-21-12-14-22(32)17-27(21)33)16-26-29(36)34(23-8-4-2-5-9-23)31(40)35(30(26)37)24-10-6-3-7-11-24/h2-18H,19H2,1H3. The number of benzene rings is 4. The maximum Gasteiger partial charge on any atom is 0.270 e. The zero-order valence-corrected chi connectivity index (χ0v) is 23.5. The van der Waals surface area contributed by atoms with Crippen LogP contribution in [-0.2, 0) is 16.2 Å². The highest BCUT2D eigenvalue weighted by Gasteiger charge is 2.41. The van der Waals surface area contributed by atoms with Crippen LogP contribution in [0, 0.1) is 0 Å². The summed E-state index contributed by atoms with van der Waals surface area (Å²) in [5.74, 6) is -0.158. The van der Waals surface area contributed by atoms with Crippen LogP contribution in [0.25, 0.3) is 6.08 Å². The number of amides is 2. The molecule has 0 aromatic heterocycles. The summed E-state index contributed by atoms with van der Waals surface area (Å²) in [5.41, 5.74) is 2.21. The molecule has 1 heterocycles. The Morgan fingerprint density at radius 1 is 0.800 bits per heavy atom. The quantitative estimate of drug-likeness (QED) is 0.128. The van der Waals surface area contributed by atoms with Gasteiger partial charge in [-0.1, -0.05) is 65.7 Å². The van der Waals surface area contributed by atoms with Crippen molar-refractivity contribution >= 4 is 69.8 Å². The Bertz CT molecular complexity index is 1560. The molecule has 2 amide bonds. The maximum atomic E-state index is 13.8. The third-order valence-electron chi connectivity index (χ3n) is 6.20. The first-order valence-electron chi connectivity index (χ1n) is 12.2. The molecule has 0 spiro atoms. The maximum absolute atomic E-state index is 13.8. The van der Waals surface area contributed by atoms with E-state index in [-0.39, 0.29) is 17.3 Å². The molecular formula is C31H22Cl2N2O4S. The lowest BCUT2D eigenvalue weighted by atomic mass is 10.0. The van der Waals surface area contributed by atoms with E-state index in [1.807, 2.05) is 12.1 Å². The lowest BCUT2D eigenvalue weighted by molar-refractivity contribution is -0.120. The number of ether oxygens (including phenoxy) is 2. The summed E-state index contributed by atoms with van der Waals surface area (Å²) in [4.78, 5) is 30.4. The van der Waals surface area contributed by atoms with Crippen LogP contribution < -0.4 is 19.3 Å². The van der Waals surface area contributed by atoms with Crippen molar-refractivity contribution in [3.8, 4) is 11.5 Å². The average molecular weight is 590 g/mol. The molecule has 0 atom stereocenters. The summed E-state index contributed by atoms with van der Waals surface area (Å²) in [6.45, 7) is 0.123. The van der Waals surface area contributed by atoms with Gasteiger partial charge in [0.1, 0.15) is 23.7 Å². The van der Waals surface area contributed by atoms with E-state index < -0.39 is 11.8 Å². The molecule has 4 aromatic rings. The van der Waals surface area contributed by atoms with Crippen LogP contribution in [0.1, 0.15) is 11.1 Å². The first-order valence-corrected chi connectivity index (χ1v) is 13.3. The molecule has 0 aliphatic carbocycles. The van der Waals surface area contributed by atoms with Crippen molar-refractivity contribution in [2.24, 2.45) is 0 Å². The van der Waals surface area contributed by atoms with Gasteiger partial charge < -0.3 is 9.47 Å². The van der Waals surface area contributed by atoms with Crippen LogP contribution >= 0.6 is 35.4 Å². The van der Waals surface area contributed by atoms with Crippen LogP contribution in [0.3, 0.4) is 0 Å². The fourth-order valence-corrected chi connectivity index (χ4v) is 5.01. The van der Waals surface area contributed by atoms with Crippen LogP contribution in [-0.4, -0.2) is 24.0 Å². The summed E-state index contributed by atoms with van der Waals surface area (Å²) in [6.07, 6.45) is 1.51. The summed E-state index contributed by atoms with van der Waals surface area (Å²) in [5, 5.41) is 1.03. The lowest BCUT2D eigenvalue weighted by Crippen LogP contribution is -2.56. The van der Waals surface area contributed by atoms with Gasteiger partial charge in [0.05, 0.1) is 18.5 Å². The zero-order valence-electron chi connectivity index (χ0n) is 21.2. The Morgan fingerprint density at radius 3 is 1.95 bits per heavy atom. The molecule has 0 radical (unpaired) electrons. The minimum absolute atomic E-state index is 0.0631. The number of halogens is 2. The molecular weight excluding hydrogens is 567 g/mol. The number of hydrogen-bond acceptors (Lipinski definition) is 5. The Kier molecular flexibility index (Phi) is 8.16. The monoisotopic (exact) mass is 588 g/mol. The van der Waals surface area contributed by atoms with Gasteiger partial charge in [-0.15, -0.1) is 0 Å². The fraction of sp³-hybridized carbons (Fsp3) is 0.0645. The van der Waals surface area contributed by atoms with Gasteiger partial charge in [0.25, 0.3) is 11.8 Å². The number of thiocarbonyl (C=S) groups is 1. The van der Waals surface area contributed by atoms with Crippen molar-refractivity contribution in [1.29, 1.82) is 0 Å². The van der Waals surface area contributed by atoms with Crippen LogP contribution in [0.5, 0.6) is 11.5 Å². The van der Waals surface area contributed by atoms with Crippen molar-refractivity contribution in [2.45, 2.75) is 6.61 Å². The van der Waals surface area contributed by atoms with Gasteiger partial charge in [-0.05, 0) is 66.8 Å². The molecule has 0 bridgehead atoms. The average Bonchev–Trinajstić information content (AvgIpc) is 2.96. The zero-order chi connectivity index (χ0) is 28.2. The first-order chi connectivity index (χ1) is 19.4. The van der Waals surface area contributed by atoms with Gasteiger partial charge in [-0.25, -0.2) is 0 Å². The highest BCUT2D eigenvalue weighted by Crippen LogP contribution is 2.33. The molecule has 9 heteroatoms. The topological polar surface area (TPSA) is 59.1 Å². The van der Waals surface area contributed by atoms with Crippen molar-refractivity contribution < 1.29 is 19.1 Å². The second-order valence-corrected chi connectivity index (χ2v) is 9.93. The minimum atomic E-state index is -0.545. The van der Waals surface area contributed by atoms with E-state index in [1.54, 1.807) is 84.9 Å². The number of rotatable bonds is 7. The van der Waals surface area contributed by atoms with Gasteiger partial charge in [-0.3, -0.25) is 19.4 Å². The van der Waals surface area contributed by atoms with E-state index in [4.69, 9.17) is 44.9 Å². The van der Waals surface area contributed by atoms with E-state index in [9.17, 15) is 9.59 Å². The Hall–Kier alpha value is -4.17. The van der Waals surface area contributed by atoms with Crippen LogP contribution in [0.2, 0.25) is 10.0 Å². The summed E-state index contributed by atoms with van der Waals surface area (Å²) < 4.78 is 11.5. The predicted molar refractivity (Wildman–Crippen MR) is 162 cm³/mol. The highest BCUT2D eigenvalue weighted by molar-refractivity contribution is 7.81. The molecule has 1 aliphatic heterocycles. The first kappa shape index (κ1) is 27.4. The third kappa shape index (κ3) is 5.58. The van der Waals surface area contributed by atoms with E-state index >= 15 is 0 Å². The molecule has 6 nitrogen and oxygen atoms in total. The van der Waals surface area contributed by atoms with Gasteiger partial charge >= 0.3 is 0 Å². The molecule has 1 fully saturated rings. The Morgan fingerprint density at radius 2 is 1.40 bits per heavy atom. The summed E-state index contributed by atoms with van der Waals surface area (Å²) >= 11 is 18.0. The number of carbonyl (C=O) groups is 2. The second kappa shape index (κ2) is 11.9. The minimum Gasteiger partial charge on any atom is -0.497 e. The predicted octanol–water partition coefficient (Wildman–Crippen LogP) is 7.33. The molecule has 0 N–H and O–H groups in total. The van der Waals surface area contributed by atoms with Gasteiger partial charge in [0, 0.05) is 27.2 Å². The smallest absolute Gasteiger partial charge is 0.270 e. The molecule has 0 saturated carbocycles. The molecule has 1 saturated heterocycles. The lowest BCUT2D eigenvalue weighted by Gasteiger charge is -2.36. The summed E-state index contributed by atoms with van der Waals surface area (Å²) in [7, 11) is 1.54. The summed E-state index contributed by atoms with van der Waals surface area (Å²) in [6, 6.07) is 28.2. The van der Waals surface area contributed by atoms with Crippen molar-refractivity contribution in [3.63, 3.8) is 0 Å². The Labute approximate surface area is 246 Å². The van der Waals surface area contributed by atoms with E-state index in [0.717, 1.165) is 0 Å². The third-order valence-corrected chi connectivity index (χ3v) is 7.15. The second-order valence-electron chi connectivity index (χ2n) is 8.72. The Balaban J connectivity index is 1.58. The number of nitrogens with zero attached hydrogens (tertiary/aromatic N) is 2. The number of carbonyl (C=O) groups excluding carboxylic acids is 2. The fourth-order valence-electron chi connectivity index (χ4n) is 4.17. The molecule has 4 aromatic carbocycles. The normalized spacial score (nSPS) is 13.5. The number of para-hydroxylation sites is 2. The molecule has 5 rings (SSSR count). The van der Waals surface area contributed by atoms with E-state index in [0.29, 0.717) is 44.0 Å². The van der Waals surface area contributed by atoms with E-state index in [2.05, 4.69) is 0 Å². The van der Waals surface area contributed by atoms with Crippen LogP contribution in [0.4, 0.5) is 11.4 Å². The van der Waals surface area contributed by atoms with Crippen molar-refractivity contribution in [3.05, 3.63) is 124 Å². The van der Waals surface area contributed by atoms with Crippen molar-refractivity contribution in [1.82, 2.24) is 0 Å². The van der Waals surface area contributed by atoms with Gasteiger partial charge in [0.15, 0.2) is 5.11 Å². The van der Waals surface area contributed by atoms with Gasteiger partial charge in [-0.2, -0.15) is 0 Å². The highest BCUT2D eigenvalue weighted by atomic mass is 35.5. The van der Waals surface area contributed by atoms with E-state index in [1.165, 1.54) is 23.0 Å². The molecule has 0 unspecified atom stereocenters. The molecule has 1 aliphatic rings.